The summed E-state index contributed by atoms with van der Waals surface area (Å²) in [6.07, 6.45) is 1.44. The van der Waals surface area contributed by atoms with Crippen LogP contribution >= 0.6 is 23.2 Å². The summed E-state index contributed by atoms with van der Waals surface area (Å²) < 4.78 is 5.35. The van der Waals surface area contributed by atoms with Crippen molar-refractivity contribution in [3.8, 4) is 5.75 Å². The van der Waals surface area contributed by atoms with Crippen LogP contribution in [-0.2, 0) is 12.4 Å². The number of hydrogen-bond acceptors (Lipinski definition) is 4. The molecule has 2 rings (SSSR count). The maximum Gasteiger partial charge on any atom is 0.138 e. The van der Waals surface area contributed by atoms with Gasteiger partial charge in [0.15, 0.2) is 0 Å². The predicted molar refractivity (Wildman–Crippen MR) is 81.7 cm³/mol. The molecule has 6 heteroatoms. The zero-order valence-corrected chi connectivity index (χ0v) is 12.8. The highest BCUT2D eigenvalue weighted by Crippen LogP contribution is 2.27. The standard InChI is InChI=1S/C14H15Cl2N3O/c1-19(8-10-5-3-4-6-12(10)20-2)14-11(7-15)13(16)17-9-18-14/h3-6,9H,7-8H2,1-2H3. The predicted octanol–water partition coefficient (Wildman–Crippen LogP) is 3.51. The zero-order chi connectivity index (χ0) is 14.5. The van der Waals surface area contributed by atoms with E-state index < -0.39 is 0 Å². The number of ether oxygens (including phenoxy) is 1. The summed E-state index contributed by atoms with van der Waals surface area (Å²) in [6.45, 7) is 0.640. The van der Waals surface area contributed by atoms with Crippen molar-refractivity contribution in [2.75, 3.05) is 19.1 Å². The molecule has 1 aromatic carbocycles. The second kappa shape index (κ2) is 6.77. The Hall–Kier alpha value is -1.52. The van der Waals surface area contributed by atoms with E-state index in [9.17, 15) is 0 Å². The van der Waals surface area contributed by atoms with Crippen molar-refractivity contribution >= 4 is 29.0 Å². The van der Waals surface area contributed by atoms with Crippen LogP contribution in [-0.4, -0.2) is 24.1 Å². The van der Waals surface area contributed by atoms with Gasteiger partial charge in [0.05, 0.1) is 13.0 Å². The molecule has 0 bridgehead atoms. The van der Waals surface area contributed by atoms with Crippen LogP contribution < -0.4 is 9.64 Å². The van der Waals surface area contributed by atoms with Gasteiger partial charge in [-0.15, -0.1) is 11.6 Å². The Morgan fingerprint density at radius 3 is 2.70 bits per heavy atom. The molecule has 0 saturated carbocycles. The lowest BCUT2D eigenvalue weighted by Gasteiger charge is -2.21. The molecule has 0 spiro atoms. The number of alkyl halides is 1. The summed E-state index contributed by atoms with van der Waals surface area (Å²) in [5.41, 5.74) is 1.79. The van der Waals surface area contributed by atoms with Gasteiger partial charge < -0.3 is 9.64 Å². The van der Waals surface area contributed by atoms with Crippen molar-refractivity contribution in [2.24, 2.45) is 0 Å². The lowest BCUT2D eigenvalue weighted by molar-refractivity contribution is 0.409. The Morgan fingerprint density at radius 2 is 2.00 bits per heavy atom. The van der Waals surface area contributed by atoms with E-state index in [4.69, 9.17) is 27.9 Å². The minimum atomic E-state index is 0.269. The third-order valence-corrected chi connectivity index (χ3v) is 3.56. The summed E-state index contributed by atoms with van der Waals surface area (Å²) in [5, 5.41) is 0.386. The molecule has 106 valence electrons. The lowest BCUT2D eigenvalue weighted by Crippen LogP contribution is -2.20. The van der Waals surface area contributed by atoms with E-state index in [0.29, 0.717) is 11.7 Å². The van der Waals surface area contributed by atoms with Crippen LogP contribution in [0.3, 0.4) is 0 Å². The quantitative estimate of drug-likeness (QED) is 0.625. The topological polar surface area (TPSA) is 38.2 Å². The van der Waals surface area contributed by atoms with E-state index in [0.717, 1.165) is 22.7 Å². The molecular formula is C14H15Cl2N3O. The Bertz CT molecular complexity index is 592. The van der Waals surface area contributed by atoms with Crippen molar-refractivity contribution in [1.29, 1.82) is 0 Å². The molecule has 0 saturated heterocycles. The van der Waals surface area contributed by atoms with Crippen LogP contribution in [0.25, 0.3) is 0 Å². The van der Waals surface area contributed by atoms with Crippen molar-refractivity contribution in [1.82, 2.24) is 9.97 Å². The van der Waals surface area contributed by atoms with Gasteiger partial charge in [-0.25, -0.2) is 9.97 Å². The van der Waals surface area contributed by atoms with Crippen LogP contribution in [0, 0.1) is 0 Å². The monoisotopic (exact) mass is 311 g/mol. The van der Waals surface area contributed by atoms with Gasteiger partial charge in [-0.2, -0.15) is 0 Å². The van der Waals surface area contributed by atoms with E-state index in [1.54, 1.807) is 7.11 Å². The average Bonchev–Trinajstić information content (AvgIpc) is 2.47. The fourth-order valence-corrected chi connectivity index (χ4v) is 2.50. The van der Waals surface area contributed by atoms with Crippen LogP contribution in [0.5, 0.6) is 5.75 Å². The van der Waals surface area contributed by atoms with E-state index in [2.05, 4.69) is 9.97 Å². The average molecular weight is 312 g/mol. The molecule has 4 nitrogen and oxygen atoms in total. The number of rotatable bonds is 5. The second-order valence-corrected chi connectivity index (χ2v) is 4.89. The highest BCUT2D eigenvalue weighted by molar-refractivity contribution is 6.31. The maximum atomic E-state index is 6.05. The van der Waals surface area contributed by atoms with Gasteiger partial charge in [-0.3, -0.25) is 0 Å². The van der Waals surface area contributed by atoms with Gasteiger partial charge in [0.1, 0.15) is 23.0 Å². The molecule has 0 amide bonds. The molecule has 0 aliphatic carbocycles. The Morgan fingerprint density at radius 1 is 1.25 bits per heavy atom. The first-order valence-corrected chi connectivity index (χ1v) is 6.97. The minimum absolute atomic E-state index is 0.269. The normalized spacial score (nSPS) is 10.4. The van der Waals surface area contributed by atoms with Gasteiger partial charge in [-0.05, 0) is 6.07 Å². The molecule has 0 radical (unpaired) electrons. The molecule has 0 N–H and O–H groups in total. The number of anilines is 1. The fourth-order valence-electron chi connectivity index (χ4n) is 1.99. The van der Waals surface area contributed by atoms with Gasteiger partial charge in [-0.1, -0.05) is 29.8 Å². The number of halogens is 2. The Balaban J connectivity index is 2.28. The van der Waals surface area contributed by atoms with E-state index >= 15 is 0 Å². The van der Waals surface area contributed by atoms with Crippen LogP contribution in [0.2, 0.25) is 5.15 Å². The van der Waals surface area contributed by atoms with E-state index in [-0.39, 0.29) is 5.88 Å². The van der Waals surface area contributed by atoms with Crippen molar-refractivity contribution in [2.45, 2.75) is 12.4 Å². The number of para-hydroxylation sites is 1. The molecule has 1 heterocycles. The summed E-state index contributed by atoms with van der Waals surface area (Å²) in [4.78, 5) is 10.2. The fraction of sp³-hybridized carbons (Fsp3) is 0.286. The first-order chi connectivity index (χ1) is 9.67. The summed E-state index contributed by atoms with van der Waals surface area (Å²) in [5.74, 6) is 1.84. The Kier molecular flexibility index (Phi) is 5.04. The molecular weight excluding hydrogens is 297 g/mol. The zero-order valence-electron chi connectivity index (χ0n) is 11.3. The third kappa shape index (κ3) is 3.14. The smallest absolute Gasteiger partial charge is 0.138 e. The van der Waals surface area contributed by atoms with E-state index in [1.807, 2.05) is 36.2 Å². The SMILES string of the molecule is COc1ccccc1CN(C)c1ncnc(Cl)c1CCl. The largest absolute Gasteiger partial charge is 0.496 e. The van der Waals surface area contributed by atoms with Gasteiger partial charge >= 0.3 is 0 Å². The third-order valence-electron chi connectivity index (χ3n) is 2.97. The van der Waals surface area contributed by atoms with Crippen LogP contribution in [0.1, 0.15) is 11.1 Å². The number of benzene rings is 1. The van der Waals surface area contributed by atoms with Gasteiger partial charge in [0.2, 0.25) is 0 Å². The molecule has 1 aromatic heterocycles. The summed E-state index contributed by atoms with van der Waals surface area (Å²) in [6, 6.07) is 7.85. The Labute approximate surface area is 128 Å². The molecule has 20 heavy (non-hydrogen) atoms. The molecule has 0 unspecified atom stereocenters. The second-order valence-electron chi connectivity index (χ2n) is 4.27. The molecule has 0 atom stereocenters. The highest BCUT2D eigenvalue weighted by Gasteiger charge is 2.14. The molecule has 0 fully saturated rings. The van der Waals surface area contributed by atoms with Crippen molar-refractivity contribution < 1.29 is 4.74 Å². The number of nitrogens with zero attached hydrogens (tertiary/aromatic N) is 3. The van der Waals surface area contributed by atoms with E-state index in [1.165, 1.54) is 6.33 Å². The van der Waals surface area contributed by atoms with Gasteiger partial charge in [0, 0.05) is 24.7 Å². The molecule has 0 aliphatic rings. The number of aromatic nitrogens is 2. The van der Waals surface area contributed by atoms with Crippen molar-refractivity contribution in [3.63, 3.8) is 0 Å². The molecule has 2 aromatic rings. The maximum absolute atomic E-state index is 6.05. The van der Waals surface area contributed by atoms with Crippen LogP contribution in [0.15, 0.2) is 30.6 Å². The highest BCUT2D eigenvalue weighted by atomic mass is 35.5. The van der Waals surface area contributed by atoms with Gasteiger partial charge in [0.25, 0.3) is 0 Å². The summed E-state index contributed by atoms with van der Waals surface area (Å²) >= 11 is 12.0. The number of methoxy groups -OCH3 is 1. The van der Waals surface area contributed by atoms with Crippen LogP contribution in [0.4, 0.5) is 5.82 Å². The first kappa shape index (κ1) is 14.9. The lowest BCUT2D eigenvalue weighted by atomic mass is 10.2. The molecule has 0 aliphatic heterocycles. The summed E-state index contributed by atoms with van der Waals surface area (Å²) in [7, 11) is 3.59. The number of hydrogen-bond donors (Lipinski definition) is 0. The first-order valence-electron chi connectivity index (χ1n) is 6.05. The van der Waals surface area contributed by atoms with Crippen molar-refractivity contribution in [3.05, 3.63) is 46.9 Å². The minimum Gasteiger partial charge on any atom is -0.496 e.